The van der Waals surface area contributed by atoms with Crippen molar-refractivity contribution in [2.24, 2.45) is 0 Å². The fourth-order valence-electron chi connectivity index (χ4n) is 6.73. The van der Waals surface area contributed by atoms with Crippen molar-refractivity contribution < 1.29 is 9.47 Å². The van der Waals surface area contributed by atoms with Crippen LogP contribution in [-0.4, -0.2) is 71.0 Å². The largest absolute Gasteiger partial charge is 0.371 e. The highest BCUT2D eigenvalue weighted by Gasteiger charge is 2.35. The highest BCUT2D eigenvalue weighted by atomic mass is 35.5. The highest BCUT2D eigenvalue weighted by molar-refractivity contribution is 6.30. The van der Waals surface area contributed by atoms with Gasteiger partial charge in [0, 0.05) is 43.7 Å². The lowest BCUT2D eigenvalue weighted by Gasteiger charge is -2.33. The van der Waals surface area contributed by atoms with Crippen LogP contribution in [0, 0.1) is 13.8 Å². The molecule has 5 aromatic heterocycles. The lowest BCUT2D eigenvalue weighted by atomic mass is 10.1. The van der Waals surface area contributed by atoms with Crippen LogP contribution >= 0.6 is 11.6 Å². The zero-order valence-electron chi connectivity index (χ0n) is 23.6. The van der Waals surface area contributed by atoms with E-state index < -0.39 is 0 Å². The van der Waals surface area contributed by atoms with Gasteiger partial charge in [-0.25, -0.2) is 18.9 Å². The molecule has 0 saturated carbocycles. The van der Waals surface area contributed by atoms with Crippen LogP contribution in [0.25, 0.3) is 33.8 Å². The topological polar surface area (TPSA) is 100 Å². The van der Waals surface area contributed by atoms with Crippen molar-refractivity contribution in [3.05, 3.63) is 59.4 Å². The van der Waals surface area contributed by atoms with Gasteiger partial charge in [-0.05, 0) is 58.1 Å². The highest BCUT2D eigenvalue weighted by Crippen LogP contribution is 2.37. The van der Waals surface area contributed by atoms with Gasteiger partial charge in [-0.2, -0.15) is 15.3 Å². The molecule has 11 nitrogen and oxygen atoms in total. The molecule has 3 unspecified atom stereocenters. The first-order chi connectivity index (χ1) is 20.5. The van der Waals surface area contributed by atoms with Gasteiger partial charge >= 0.3 is 0 Å². The van der Waals surface area contributed by atoms with Gasteiger partial charge in [0.25, 0.3) is 0 Å². The number of aryl methyl sites for hydroxylation is 1. The van der Waals surface area contributed by atoms with Gasteiger partial charge in [-0.15, -0.1) is 0 Å². The second kappa shape index (κ2) is 10.2. The third kappa shape index (κ3) is 4.29. The summed E-state index contributed by atoms with van der Waals surface area (Å²) in [4.78, 5) is 11.9. The van der Waals surface area contributed by atoms with Gasteiger partial charge in [0.15, 0.2) is 11.9 Å². The molecule has 8 rings (SSSR count). The summed E-state index contributed by atoms with van der Waals surface area (Å²) in [6.07, 6.45) is 12.8. The van der Waals surface area contributed by atoms with Crippen molar-refractivity contribution in [2.75, 3.05) is 24.6 Å². The molecule has 3 saturated heterocycles. The Morgan fingerprint density at radius 3 is 2.60 bits per heavy atom. The van der Waals surface area contributed by atoms with Gasteiger partial charge in [0.1, 0.15) is 5.82 Å². The molecule has 8 heterocycles. The molecule has 0 aromatic carbocycles. The Morgan fingerprint density at radius 2 is 1.81 bits per heavy atom. The number of morpholine rings is 1. The number of rotatable bonds is 5. The molecule has 3 atom stereocenters. The summed E-state index contributed by atoms with van der Waals surface area (Å²) in [5, 5.41) is 15.0. The van der Waals surface area contributed by atoms with E-state index in [4.69, 9.17) is 36.3 Å². The van der Waals surface area contributed by atoms with Crippen molar-refractivity contribution in [3.63, 3.8) is 0 Å². The number of pyridine rings is 1. The molecule has 3 aliphatic rings. The zero-order valence-corrected chi connectivity index (χ0v) is 24.4. The number of hydrogen-bond acceptors (Lipinski definition) is 8. The molecule has 0 radical (unpaired) electrons. The summed E-state index contributed by atoms with van der Waals surface area (Å²) in [5.74, 6) is 0.912. The molecule has 5 aromatic rings. The van der Waals surface area contributed by atoms with E-state index in [0.29, 0.717) is 5.02 Å². The van der Waals surface area contributed by atoms with Crippen molar-refractivity contribution >= 4 is 23.1 Å². The van der Waals surface area contributed by atoms with E-state index in [2.05, 4.69) is 28.0 Å². The Bertz CT molecular complexity index is 1770. The molecule has 0 aliphatic carbocycles. The molecule has 0 N–H and O–H groups in total. The van der Waals surface area contributed by atoms with Gasteiger partial charge in [0.05, 0.1) is 63.7 Å². The summed E-state index contributed by atoms with van der Waals surface area (Å²) >= 11 is 6.29. The first kappa shape index (κ1) is 25.9. The third-order valence-corrected chi connectivity index (χ3v) is 8.89. The number of hydrogen-bond donors (Lipinski definition) is 0. The molecule has 3 fully saturated rings. The quantitative estimate of drug-likeness (QED) is 0.278. The first-order valence-corrected chi connectivity index (χ1v) is 15.0. The summed E-state index contributed by atoms with van der Waals surface area (Å²) < 4.78 is 18.1. The SMILES string of the molecule is Cc1nn(-c2cncc(Cl)c2)c(C)c1-c1cc(N2CC3CCC(C2)O3)nc2c(-c3ccnn3C3CCCCO3)cnn12. The molecule has 3 aliphatic heterocycles. The van der Waals surface area contributed by atoms with Crippen LogP contribution in [0.15, 0.2) is 43.0 Å². The predicted octanol–water partition coefficient (Wildman–Crippen LogP) is 5.18. The molecular weight excluding hydrogens is 554 g/mol. The minimum absolute atomic E-state index is 0.0924. The van der Waals surface area contributed by atoms with Gasteiger partial charge in [0.2, 0.25) is 0 Å². The van der Waals surface area contributed by atoms with Gasteiger partial charge in [-0.3, -0.25) is 4.98 Å². The standard InChI is InChI=1S/C30H32ClN9O2/c1-18-29(19(2)38(36-18)21-11-20(31)13-32-14-21)26-12-27(37-16-22-6-7-23(17-37)42-22)35-30-24(15-34-40(26)30)25-8-9-33-39(25)28-5-3-4-10-41-28/h8-9,11-15,22-23,28H,3-7,10,16-17H2,1-2H3. The Hall–Kier alpha value is -3.80. The maximum atomic E-state index is 6.29. The number of anilines is 1. The summed E-state index contributed by atoms with van der Waals surface area (Å²) in [7, 11) is 0. The van der Waals surface area contributed by atoms with E-state index in [0.717, 1.165) is 103 Å². The van der Waals surface area contributed by atoms with E-state index in [1.54, 1.807) is 12.4 Å². The predicted molar refractivity (Wildman–Crippen MR) is 158 cm³/mol. The normalized spacial score (nSPS) is 22.4. The van der Waals surface area contributed by atoms with Gasteiger partial charge in [-0.1, -0.05) is 11.6 Å². The molecule has 0 amide bonds. The van der Waals surface area contributed by atoms with Crippen LogP contribution < -0.4 is 4.90 Å². The van der Waals surface area contributed by atoms with E-state index in [1.165, 1.54) is 0 Å². The number of nitrogens with zero attached hydrogens (tertiary/aromatic N) is 9. The Labute approximate surface area is 248 Å². The Balaban J connectivity index is 1.31. The van der Waals surface area contributed by atoms with Crippen molar-refractivity contribution in [2.45, 2.75) is 64.4 Å². The average molecular weight is 586 g/mol. The van der Waals surface area contributed by atoms with E-state index in [1.807, 2.05) is 45.3 Å². The third-order valence-electron chi connectivity index (χ3n) is 8.68. The van der Waals surface area contributed by atoms with Crippen molar-refractivity contribution in [3.8, 4) is 28.2 Å². The maximum absolute atomic E-state index is 6.29. The summed E-state index contributed by atoms with van der Waals surface area (Å²) in [6.45, 7) is 6.48. The molecule has 42 heavy (non-hydrogen) atoms. The molecule has 0 spiro atoms. The second-order valence-electron chi connectivity index (χ2n) is 11.5. The summed E-state index contributed by atoms with van der Waals surface area (Å²) in [5.41, 5.74) is 7.22. The number of fused-ring (bicyclic) bond motifs is 3. The molecule has 2 bridgehead atoms. The van der Waals surface area contributed by atoms with Gasteiger partial charge < -0.3 is 14.4 Å². The lowest BCUT2D eigenvalue weighted by Crippen LogP contribution is -2.43. The number of ether oxygens (including phenoxy) is 2. The minimum atomic E-state index is -0.0924. The van der Waals surface area contributed by atoms with E-state index >= 15 is 0 Å². The van der Waals surface area contributed by atoms with Crippen LogP contribution in [0.4, 0.5) is 5.82 Å². The van der Waals surface area contributed by atoms with Crippen LogP contribution in [0.3, 0.4) is 0 Å². The van der Waals surface area contributed by atoms with Crippen molar-refractivity contribution in [1.29, 1.82) is 0 Å². The Morgan fingerprint density at radius 1 is 0.952 bits per heavy atom. The van der Waals surface area contributed by atoms with E-state index in [-0.39, 0.29) is 18.4 Å². The van der Waals surface area contributed by atoms with Crippen LogP contribution in [0.2, 0.25) is 5.02 Å². The van der Waals surface area contributed by atoms with Crippen molar-refractivity contribution in [1.82, 2.24) is 39.1 Å². The molecule has 216 valence electrons. The van der Waals surface area contributed by atoms with Crippen LogP contribution in [-0.2, 0) is 9.47 Å². The average Bonchev–Trinajstić information content (AvgIpc) is 3.78. The smallest absolute Gasteiger partial charge is 0.167 e. The monoisotopic (exact) mass is 585 g/mol. The molecular formula is C30H32ClN9O2. The fraction of sp³-hybridized carbons (Fsp3) is 0.433. The summed E-state index contributed by atoms with van der Waals surface area (Å²) in [6, 6.07) is 6.04. The minimum Gasteiger partial charge on any atom is -0.371 e. The van der Waals surface area contributed by atoms with E-state index in [9.17, 15) is 0 Å². The number of aromatic nitrogens is 8. The second-order valence-corrected chi connectivity index (χ2v) is 11.9. The fourth-order valence-corrected chi connectivity index (χ4v) is 6.90. The zero-order chi connectivity index (χ0) is 28.4. The maximum Gasteiger partial charge on any atom is 0.167 e. The first-order valence-electron chi connectivity index (χ1n) is 14.7. The Kier molecular flexibility index (Phi) is 6.27. The molecule has 12 heteroatoms. The lowest BCUT2D eigenvalue weighted by molar-refractivity contribution is -0.0383. The number of halogens is 1. The van der Waals surface area contributed by atoms with Crippen LogP contribution in [0.5, 0.6) is 0 Å². The van der Waals surface area contributed by atoms with Crippen LogP contribution in [0.1, 0.15) is 49.7 Å².